The zero-order valence-corrected chi connectivity index (χ0v) is 16.6. The van der Waals surface area contributed by atoms with Gasteiger partial charge in [0.15, 0.2) is 0 Å². The summed E-state index contributed by atoms with van der Waals surface area (Å²) >= 11 is 0. The van der Waals surface area contributed by atoms with E-state index in [0.717, 1.165) is 19.5 Å². The van der Waals surface area contributed by atoms with Gasteiger partial charge in [-0.3, -0.25) is 9.59 Å². The van der Waals surface area contributed by atoms with Gasteiger partial charge in [0.2, 0.25) is 11.8 Å². The number of nitrogens with zero attached hydrogens (tertiary/aromatic N) is 2. The lowest BCUT2D eigenvalue weighted by atomic mass is 9.79. The first-order valence-corrected chi connectivity index (χ1v) is 9.99. The van der Waals surface area contributed by atoms with Crippen LogP contribution in [0.25, 0.3) is 0 Å². The highest BCUT2D eigenvalue weighted by Gasteiger charge is 2.41. The van der Waals surface area contributed by atoms with Crippen molar-refractivity contribution < 1.29 is 14.3 Å². The molecule has 2 saturated heterocycles. The average Bonchev–Trinajstić information content (AvgIpc) is 3.03. The highest BCUT2D eigenvalue weighted by molar-refractivity contribution is 5.85. The molecule has 2 N–H and O–H groups in total. The fourth-order valence-electron chi connectivity index (χ4n) is 4.56. The fourth-order valence-corrected chi connectivity index (χ4v) is 4.56. The van der Waals surface area contributed by atoms with Gasteiger partial charge in [0.1, 0.15) is 0 Å². The highest BCUT2D eigenvalue weighted by atomic mass is 35.5. The Hall–Kier alpha value is -0.850. The minimum Gasteiger partial charge on any atom is -0.381 e. The molecule has 0 aromatic carbocycles. The van der Waals surface area contributed by atoms with Crippen LogP contribution in [0.4, 0.5) is 0 Å². The van der Waals surface area contributed by atoms with Gasteiger partial charge >= 0.3 is 0 Å². The summed E-state index contributed by atoms with van der Waals surface area (Å²) < 4.78 is 5.42. The minimum atomic E-state index is -0.457. The van der Waals surface area contributed by atoms with E-state index in [0.29, 0.717) is 58.0 Å². The molecule has 0 atom stereocenters. The molecule has 0 spiro atoms. The van der Waals surface area contributed by atoms with Crippen LogP contribution >= 0.6 is 12.4 Å². The maximum Gasteiger partial charge on any atom is 0.230 e. The standard InChI is InChI=1S/C19H33N3O3.ClH/c20-15-19(6-12-25-13-7-19)18(24)22-9-3-8-21(10-11-22)17(23)14-16-4-1-2-5-16;/h16H,1-15,20H2;1H. The predicted octanol–water partition coefficient (Wildman–Crippen LogP) is 1.80. The van der Waals surface area contributed by atoms with E-state index < -0.39 is 5.41 Å². The number of halogens is 1. The van der Waals surface area contributed by atoms with Gasteiger partial charge in [-0.15, -0.1) is 12.4 Å². The van der Waals surface area contributed by atoms with Crippen molar-refractivity contribution in [2.24, 2.45) is 17.1 Å². The van der Waals surface area contributed by atoms with Gasteiger partial charge in [0.25, 0.3) is 0 Å². The molecule has 0 unspecified atom stereocenters. The van der Waals surface area contributed by atoms with E-state index in [4.69, 9.17) is 10.5 Å². The van der Waals surface area contributed by atoms with E-state index in [1.165, 1.54) is 25.7 Å². The van der Waals surface area contributed by atoms with Gasteiger partial charge in [0, 0.05) is 52.4 Å². The number of rotatable bonds is 4. The van der Waals surface area contributed by atoms with Crippen LogP contribution in [0.15, 0.2) is 0 Å². The summed E-state index contributed by atoms with van der Waals surface area (Å²) in [5.41, 5.74) is 5.53. The second-order valence-corrected chi connectivity index (χ2v) is 7.98. The third kappa shape index (κ3) is 4.90. The number of carbonyl (C=O) groups is 2. The molecule has 3 aliphatic rings. The van der Waals surface area contributed by atoms with Crippen molar-refractivity contribution in [2.75, 3.05) is 45.9 Å². The van der Waals surface area contributed by atoms with Gasteiger partial charge in [0.05, 0.1) is 5.41 Å². The second-order valence-electron chi connectivity index (χ2n) is 7.98. The zero-order valence-electron chi connectivity index (χ0n) is 15.8. The van der Waals surface area contributed by atoms with Crippen LogP contribution in [-0.2, 0) is 14.3 Å². The molecule has 3 rings (SSSR count). The van der Waals surface area contributed by atoms with Crippen LogP contribution in [0, 0.1) is 11.3 Å². The molecule has 0 aromatic rings. The lowest BCUT2D eigenvalue weighted by Crippen LogP contribution is -2.51. The van der Waals surface area contributed by atoms with Crippen LogP contribution in [0.2, 0.25) is 0 Å². The molecule has 26 heavy (non-hydrogen) atoms. The molecule has 1 saturated carbocycles. The largest absolute Gasteiger partial charge is 0.381 e. The Bertz CT molecular complexity index is 477. The van der Waals surface area contributed by atoms with Crippen molar-refractivity contribution in [3.63, 3.8) is 0 Å². The fraction of sp³-hybridized carbons (Fsp3) is 0.895. The second kappa shape index (κ2) is 9.90. The molecular weight excluding hydrogens is 354 g/mol. The van der Waals surface area contributed by atoms with Gasteiger partial charge in [-0.25, -0.2) is 0 Å². The number of amides is 2. The first kappa shape index (κ1) is 21.5. The molecule has 7 heteroatoms. The molecule has 2 amide bonds. The number of carbonyl (C=O) groups excluding carboxylic acids is 2. The van der Waals surface area contributed by atoms with Crippen molar-refractivity contribution in [2.45, 2.75) is 51.4 Å². The number of ether oxygens (including phenoxy) is 1. The zero-order chi connectivity index (χ0) is 17.7. The summed E-state index contributed by atoms with van der Waals surface area (Å²) in [6.45, 7) is 4.41. The van der Waals surface area contributed by atoms with E-state index in [-0.39, 0.29) is 24.2 Å². The van der Waals surface area contributed by atoms with Crippen LogP contribution < -0.4 is 5.73 Å². The topological polar surface area (TPSA) is 75.9 Å². The van der Waals surface area contributed by atoms with E-state index in [1.54, 1.807) is 0 Å². The monoisotopic (exact) mass is 387 g/mol. The van der Waals surface area contributed by atoms with E-state index in [9.17, 15) is 9.59 Å². The van der Waals surface area contributed by atoms with E-state index in [1.807, 2.05) is 9.80 Å². The molecule has 6 nitrogen and oxygen atoms in total. The smallest absolute Gasteiger partial charge is 0.230 e. The van der Waals surface area contributed by atoms with Crippen LogP contribution in [-0.4, -0.2) is 67.6 Å². The molecule has 3 fully saturated rings. The lowest BCUT2D eigenvalue weighted by molar-refractivity contribution is -0.147. The molecule has 0 radical (unpaired) electrons. The van der Waals surface area contributed by atoms with Gasteiger partial charge in [-0.1, -0.05) is 12.8 Å². The molecule has 2 aliphatic heterocycles. The minimum absolute atomic E-state index is 0. The summed E-state index contributed by atoms with van der Waals surface area (Å²) in [5.74, 6) is 1.03. The SMILES string of the molecule is Cl.NCC1(C(=O)N2CCCN(C(=O)CC3CCCC3)CC2)CCOCC1. The first-order chi connectivity index (χ1) is 12.1. The number of nitrogens with two attached hydrogens (primary N) is 1. The number of hydrogen-bond donors (Lipinski definition) is 1. The van der Waals surface area contributed by atoms with Crippen molar-refractivity contribution >= 4 is 24.2 Å². The van der Waals surface area contributed by atoms with E-state index >= 15 is 0 Å². The highest BCUT2D eigenvalue weighted by Crippen LogP contribution is 2.32. The van der Waals surface area contributed by atoms with E-state index in [2.05, 4.69) is 0 Å². The Morgan fingerprint density at radius 2 is 1.58 bits per heavy atom. The maximum absolute atomic E-state index is 13.1. The van der Waals surface area contributed by atoms with Crippen molar-refractivity contribution in [3.8, 4) is 0 Å². The van der Waals surface area contributed by atoms with Crippen LogP contribution in [0.1, 0.15) is 51.4 Å². The number of hydrogen-bond acceptors (Lipinski definition) is 4. The molecule has 0 bridgehead atoms. The Kier molecular flexibility index (Phi) is 8.17. The Labute approximate surface area is 163 Å². The summed E-state index contributed by atoms with van der Waals surface area (Å²) in [6, 6.07) is 0. The molecular formula is C19H34ClN3O3. The molecule has 150 valence electrons. The normalized spacial score (nSPS) is 24.0. The van der Waals surface area contributed by atoms with Gasteiger partial charge in [-0.2, -0.15) is 0 Å². The van der Waals surface area contributed by atoms with Gasteiger partial charge in [-0.05, 0) is 38.0 Å². The lowest BCUT2D eigenvalue weighted by Gasteiger charge is -2.38. The Balaban J connectivity index is 0.00000243. The quantitative estimate of drug-likeness (QED) is 0.798. The van der Waals surface area contributed by atoms with Crippen molar-refractivity contribution in [1.82, 2.24) is 9.80 Å². The Morgan fingerprint density at radius 1 is 0.962 bits per heavy atom. The summed E-state index contributed by atoms with van der Waals surface area (Å²) in [6.07, 6.45) is 7.91. The molecule has 0 aromatic heterocycles. The van der Waals surface area contributed by atoms with Crippen LogP contribution in [0.3, 0.4) is 0 Å². The molecule has 1 aliphatic carbocycles. The molecule has 2 heterocycles. The average molecular weight is 388 g/mol. The maximum atomic E-state index is 13.1. The third-order valence-electron chi connectivity index (χ3n) is 6.37. The summed E-state index contributed by atoms with van der Waals surface area (Å²) in [4.78, 5) is 29.6. The van der Waals surface area contributed by atoms with Gasteiger partial charge < -0.3 is 20.3 Å². The van der Waals surface area contributed by atoms with Crippen molar-refractivity contribution in [1.29, 1.82) is 0 Å². The third-order valence-corrected chi connectivity index (χ3v) is 6.37. The Morgan fingerprint density at radius 3 is 2.23 bits per heavy atom. The van der Waals surface area contributed by atoms with Crippen molar-refractivity contribution in [3.05, 3.63) is 0 Å². The predicted molar refractivity (Wildman–Crippen MR) is 103 cm³/mol. The summed E-state index contributed by atoms with van der Waals surface area (Å²) in [5, 5.41) is 0. The summed E-state index contributed by atoms with van der Waals surface area (Å²) in [7, 11) is 0. The van der Waals surface area contributed by atoms with Crippen LogP contribution in [0.5, 0.6) is 0 Å². The first-order valence-electron chi connectivity index (χ1n) is 9.99.